The lowest BCUT2D eigenvalue weighted by Crippen LogP contribution is -2.27. The van der Waals surface area contributed by atoms with E-state index in [1.807, 2.05) is 6.07 Å². The molecule has 0 spiro atoms. The van der Waals surface area contributed by atoms with Gasteiger partial charge in [0, 0.05) is 18.2 Å². The Balaban J connectivity index is 1.84. The molecule has 1 heterocycles. The number of nitrogens with zero attached hydrogens (tertiary/aromatic N) is 1. The van der Waals surface area contributed by atoms with Gasteiger partial charge < -0.3 is 14.1 Å². The summed E-state index contributed by atoms with van der Waals surface area (Å²) >= 11 is 0. The molecule has 3 aromatic rings. The summed E-state index contributed by atoms with van der Waals surface area (Å²) < 4.78 is 10.3. The molecule has 0 bridgehead atoms. The SMILES string of the molecule is COC(=O)c1cc(CN(C)C(=O)c2ccccc2C(=O)c2ccccc2)oc1C. The lowest BCUT2D eigenvalue weighted by molar-refractivity contribution is 0.0598. The smallest absolute Gasteiger partial charge is 0.341 e. The standard InChI is InChI=1S/C23H21NO5/c1-15-20(23(27)28-3)13-17(29-15)14-24(2)22(26)19-12-8-7-11-18(19)21(25)16-9-5-4-6-10-16/h4-13H,14H2,1-3H3. The number of amides is 1. The number of hydrogen-bond donors (Lipinski definition) is 0. The number of carbonyl (C=O) groups is 3. The molecule has 2 aromatic carbocycles. The van der Waals surface area contributed by atoms with Crippen molar-refractivity contribution in [3.63, 3.8) is 0 Å². The molecule has 0 saturated heterocycles. The summed E-state index contributed by atoms with van der Waals surface area (Å²) in [6, 6.07) is 17.1. The molecule has 0 N–H and O–H groups in total. The summed E-state index contributed by atoms with van der Waals surface area (Å²) in [5.41, 5.74) is 1.48. The van der Waals surface area contributed by atoms with Crippen molar-refractivity contribution in [2.45, 2.75) is 13.5 Å². The van der Waals surface area contributed by atoms with Crippen molar-refractivity contribution in [1.29, 1.82) is 0 Å². The molecule has 29 heavy (non-hydrogen) atoms. The van der Waals surface area contributed by atoms with E-state index < -0.39 is 5.97 Å². The molecule has 6 nitrogen and oxygen atoms in total. The number of furan rings is 1. The average Bonchev–Trinajstić information content (AvgIpc) is 3.12. The first kappa shape index (κ1) is 20.1. The number of ketones is 1. The van der Waals surface area contributed by atoms with E-state index in [0.717, 1.165) is 0 Å². The van der Waals surface area contributed by atoms with Crippen LogP contribution < -0.4 is 0 Å². The van der Waals surface area contributed by atoms with Gasteiger partial charge in [-0.15, -0.1) is 0 Å². The maximum absolute atomic E-state index is 13.0. The van der Waals surface area contributed by atoms with Crippen LogP contribution in [-0.2, 0) is 11.3 Å². The van der Waals surface area contributed by atoms with Crippen LogP contribution in [0.25, 0.3) is 0 Å². The van der Waals surface area contributed by atoms with Crippen LogP contribution in [0.4, 0.5) is 0 Å². The van der Waals surface area contributed by atoms with E-state index in [1.165, 1.54) is 12.0 Å². The van der Waals surface area contributed by atoms with Crippen molar-refractivity contribution in [3.05, 3.63) is 94.4 Å². The zero-order valence-electron chi connectivity index (χ0n) is 16.5. The number of methoxy groups -OCH3 is 1. The van der Waals surface area contributed by atoms with Gasteiger partial charge in [0.05, 0.1) is 19.2 Å². The van der Waals surface area contributed by atoms with Gasteiger partial charge in [-0.05, 0) is 19.1 Å². The molecular formula is C23H21NO5. The highest BCUT2D eigenvalue weighted by molar-refractivity contribution is 6.15. The number of benzene rings is 2. The van der Waals surface area contributed by atoms with Crippen LogP contribution in [0.2, 0.25) is 0 Å². The van der Waals surface area contributed by atoms with E-state index >= 15 is 0 Å². The van der Waals surface area contributed by atoms with Crippen molar-refractivity contribution in [2.75, 3.05) is 14.2 Å². The molecule has 0 saturated carbocycles. The van der Waals surface area contributed by atoms with Crippen molar-refractivity contribution in [2.24, 2.45) is 0 Å². The van der Waals surface area contributed by atoms with E-state index in [0.29, 0.717) is 33.8 Å². The van der Waals surface area contributed by atoms with Gasteiger partial charge >= 0.3 is 5.97 Å². The summed E-state index contributed by atoms with van der Waals surface area (Å²) in [6.45, 7) is 1.80. The summed E-state index contributed by atoms with van der Waals surface area (Å²) in [6.07, 6.45) is 0. The molecule has 6 heteroatoms. The fourth-order valence-electron chi connectivity index (χ4n) is 3.06. The number of aryl methyl sites for hydroxylation is 1. The highest BCUT2D eigenvalue weighted by Gasteiger charge is 2.22. The number of carbonyl (C=O) groups excluding carboxylic acids is 3. The Labute approximate surface area is 168 Å². The monoisotopic (exact) mass is 391 g/mol. The Morgan fingerprint density at radius 3 is 2.21 bits per heavy atom. The van der Waals surface area contributed by atoms with Crippen molar-refractivity contribution < 1.29 is 23.5 Å². The van der Waals surface area contributed by atoms with Crippen LogP contribution in [0.3, 0.4) is 0 Å². The minimum Gasteiger partial charge on any atom is -0.465 e. The molecule has 0 unspecified atom stereocenters. The van der Waals surface area contributed by atoms with Crippen LogP contribution >= 0.6 is 0 Å². The average molecular weight is 391 g/mol. The predicted octanol–water partition coefficient (Wildman–Crippen LogP) is 3.88. The molecule has 1 amide bonds. The Morgan fingerprint density at radius 2 is 1.55 bits per heavy atom. The number of hydrogen-bond acceptors (Lipinski definition) is 5. The topological polar surface area (TPSA) is 76.8 Å². The fourth-order valence-corrected chi connectivity index (χ4v) is 3.06. The Hall–Kier alpha value is -3.67. The van der Waals surface area contributed by atoms with E-state index in [2.05, 4.69) is 0 Å². The second kappa shape index (κ2) is 8.56. The van der Waals surface area contributed by atoms with Crippen molar-refractivity contribution >= 4 is 17.7 Å². The van der Waals surface area contributed by atoms with Gasteiger partial charge in [0.2, 0.25) is 0 Å². The normalized spacial score (nSPS) is 10.4. The second-order valence-corrected chi connectivity index (χ2v) is 6.58. The van der Waals surface area contributed by atoms with Crippen molar-refractivity contribution in [1.82, 2.24) is 4.90 Å². The van der Waals surface area contributed by atoms with E-state index in [9.17, 15) is 14.4 Å². The van der Waals surface area contributed by atoms with E-state index in [4.69, 9.17) is 9.15 Å². The molecule has 0 atom stereocenters. The maximum atomic E-state index is 13.0. The summed E-state index contributed by atoms with van der Waals surface area (Å²) in [5.74, 6) is -0.161. The summed E-state index contributed by atoms with van der Waals surface area (Å²) in [7, 11) is 2.91. The van der Waals surface area contributed by atoms with Gasteiger partial charge in [0.15, 0.2) is 5.78 Å². The molecule has 148 valence electrons. The second-order valence-electron chi connectivity index (χ2n) is 6.58. The van der Waals surface area contributed by atoms with Crippen LogP contribution in [0.15, 0.2) is 65.1 Å². The van der Waals surface area contributed by atoms with Crippen LogP contribution in [0.5, 0.6) is 0 Å². The van der Waals surface area contributed by atoms with Gasteiger partial charge in [-0.25, -0.2) is 4.79 Å². The first-order valence-electron chi connectivity index (χ1n) is 9.04. The lowest BCUT2D eigenvalue weighted by Gasteiger charge is -2.17. The van der Waals surface area contributed by atoms with Gasteiger partial charge in [-0.3, -0.25) is 9.59 Å². The highest BCUT2D eigenvalue weighted by atomic mass is 16.5. The van der Waals surface area contributed by atoms with Crippen LogP contribution in [-0.4, -0.2) is 36.7 Å². The first-order valence-corrected chi connectivity index (χ1v) is 9.04. The quantitative estimate of drug-likeness (QED) is 0.471. The zero-order valence-corrected chi connectivity index (χ0v) is 16.5. The molecule has 3 rings (SSSR count). The molecule has 0 aliphatic rings. The molecule has 0 aliphatic heterocycles. The predicted molar refractivity (Wildman–Crippen MR) is 107 cm³/mol. The van der Waals surface area contributed by atoms with Gasteiger partial charge in [0.1, 0.15) is 17.1 Å². The molecule has 1 aromatic heterocycles. The molecule has 0 fully saturated rings. The minimum absolute atomic E-state index is 0.143. The van der Waals surface area contributed by atoms with Crippen LogP contribution in [0.1, 0.15) is 48.2 Å². The van der Waals surface area contributed by atoms with E-state index in [-0.39, 0.29) is 18.2 Å². The maximum Gasteiger partial charge on any atom is 0.341 e. The van der Waals surface area contributed by atoms with Gasteiger partial charge in [0.25, 0.3) is 5.91 Å². The van der Waals surface area contributed by atoms with Gasteiger partial charge in [-0.1, -0.05) is 48.5 Å². The molecule has 0 radical (unpaired) electrons. The minimum atomic E-state index is -0.495. The Kier molecular flexibility index (Phi) is 5.93. The van der Waals surface area contributed by atoms with Crippen molar-refractivity contribution in [3.8, 4) is 0 Å². The number of rotatable bonds is 6. The Morgan fingerprint density at radius 1 is 0.931 bits per heavy atom. The zero-order chi connectivity index (χ0) is 21.0. The largest absolute Gasteiger partial charge is 0.465 e. The summed E-state index contributed by atoms with van der Waals surface area (Å²) in [5, 5.41) is 0. The fraction of sp³-hybridized carbons (Fsp3) is 0.174. The highest BCUT2D eigenvalue weighted by Crippen LogP contribution is 2.20. The first-order chi connectivity index (χ1) is 13.9. The third kappa shape index (κ3) is 4.27. The lowest BCUT2D eigenvalue weighted by atomic mass is 9.97. The molecular weight excluding hydrogens is 370 g/mol. The van der Waals surface area contributed by atoms with Gasteiger partial charge in [-0.2, -0.15) is 0 Å². The Bertz CT molecular complexity index is 1050. The third-order valence-corrected chi connectivity index (χ3v) is 4.55. The molecule has 0 aliphatic carbocycles. The third-order valence-electron chi connectivity index (χ3n) is 4.55. The number of ether oxygens (including phenoxy) is 1. The summed E-state index contributed by atoms with van der Waals surface area (Å²) in [4.78, 5) is 39.1. The van der Waals surface area contributed by atoms with Crippen LogP contribution in [0, 0.1) is 6.92 Å². The van der Waals surface area contributed by atoms with E-state index in [1.54, 1.807) is 68.6 Å². The number of esters is 1.